The molecule has 1 unspecified atom stereocenters. The number of hydrogen-bond acceptors (Lipinski definition) is 4. The molecule has 0 fully saturated rings. The summed E-state index contributed by atoms with van der Waals surface area (Å²) >= 11 is 1.55. The van der Waals surface area contributed by atoms with Crippen molar-refractivity contribution in [1.82, 2.24) is 4.98 Å². The van der Waals surface area contributed by atoms with Crippen molar-refractivity contribution < 1.29 is 9.53 Å². The van der Waals surface area contributed by atoms with Crippen LogP contribution in [0, 0.1) is 11.3 Å². The molecule has 1 atom stereocenters. The number of ether oxygens (including phenoxy) is 1. The van der Waals surface area contributed by atoms with Crippen molar-refractivity contribution in [2.45, 2.75) is 12.5 Å². The molecule has 3 aromatic rings. The number of H-pyrrole nitrogens is 1. The maximum absolute atomic E-state index is 12.0. The lowest BCUT2D eigenvalue weighted by molar-refractivity contribution is 0.0612. The van der Waals surface area contributed by atoms with Crippen LogP contribution in [0.25, 0.3) is 11.3 Å². The van der Waals surface area contributed by atoms with E-state index in [4.69, 9.17) is 10.00 Å². The lowest BCUT2D eigenvalue weighted by Crippen LogP contribution is -2.37. The van der Waals surface area contributed by atoms with Crippen LogP contribution in [-0.4, -0.2) is 11.1 Å². The number of carbonyl (C=O) groups is 1. The Balaban J connectivity index is 1.88. The van der Waals surface area contributed by atoms with E-state index < -0.39 is 11.7 Å². The van der Waals surface area contributed by atoms with Crippen molar-refractivity contribution in [2.24, 2.45) is 0 Å². The summed E-state index contributed by atoms with van der Waals surface area (Å²) in [6.07, 6.45) is -0.460. The summed E-state index contributed by atoms with van der Waals surface area (Å²) in [5.74, 6) is 0. The molecule has 2 aromatic heterocycles. The standard InChI is InChI=1S/C18H13N3O2S/c1-18(16-3-2-8-24-16)13-9-11(14-7-5-12(10-19)20-14)4-6-15(13)21-17(22)23-18/h2-9,20H,1H3,(H,21,22). The highest BCUT2D eigenvalue weighted by molar-refractivity contribution is 7.10. The lowest BCUT2D eigenvalue weighted by Gasteiger charge is -2.35. The number of rotatable bonds is 2. The van der Waals surface area contributed by atoms with Gasteiger partial charge >= 0.3 is 6.09 Å². The molecule has 1 amide bonds. The molecule has 24 heavy (non-hydrogen) atoms. The summed E-state index contributed by atoms with van der Waals surface area (Å²) < 4.78 is 5.66. The molecule has 4 rings (SSSR count). The summed E-state index contributed by atoms with van der Waals surface area (Å²) in [6, 6.07) is 15.4. The number of fused-ring (bicyclic) bond motifs is 1. The van der Waals surface area contributed by atoms with Crippen LogP contribution >= 0.6 is 11.3 Å². The zero-order valence-electron chi connectivity index (χ0n) is 12.8. The van der Waals surface area contributed by atoms with E-state index in [0.29, 0.717) is 5.69 Å². The molecule has 6 heteroatoms. The number of nitriles is 1. The Morgan fingerprint density at radius 3 is 2.83 bits per heavy atom. The van der Waals surface area contributed by atoms with Gasteiger partial charge in [-0.15, -0.1) is 11.3 Å². The summed E-state index contributed by atoms with van der Waals surface area (Å²) in [5, 5.41) is 13.7. The molecule has 5 nitrogen and oxygen atoms in total. The Labute approximate surface area is 142 Å². The molecule has 0 radical (unpaired) electrons. The van der Waals surface area contributed by atoms with Crippen molar-refractivity contribution in [2.75, 3.05) is 5.32 Å². The fraction of sp³-hybridized carbons (Fsp3) is 0.111. The van der Waals surface area contributed by atoms with Crippen molar-refractivity contribution >= 4 is 23.1 Å². The van der Waals surface area contributed by atoms with Crippen LogP contribution in [0.1, 0.15) is 23.1 Å². The Hall–Kier alpha value is -3.04. The molecule has 1 aliphatic heterocycles. The number of carbonyl (C=O) groups excluding carboxylic acids is 1. The van der Waals surface area contributed by atoms with E-state index in [9.17, 15) is 4.79 Å². The highest BCUT2D eigenvalue weighted by atomic mass is 32.1. The number of hydrogen-bond donors (Lipinski definition) is 2. The normalized spacial score (nSPS) is 19.1. The van der Waals surface area contributed by atoms with Gasteiger partial charge in [0, 0.05) is 11.3 Å². The molecule has 2 N–H and O–H groups in total. The van der Waals surface area contributed by atoms with Crippen LogP contribution in [0.5, 0.6) is 0 Å². The van der Waals surface area contributed by atoms with Crippen molar-refractivity contribution in [1.29, 1.82) is 5.26 Å². The van der Waals surface area contributed by atoms with E-state index in [1.165, 1.54) is 0 Å². The van der Waals surface area contributed by atoms with Crippen LogP contribution in [0.2, 0.25) is 0 Å². The molecule has 0 spiro atoms. The van der Waals surface area contributed by atoms with Gasteiger partial charge in [0.15, 0.2) is 5.60 Å². The van der Waals surface area contributed by atoms with Crippen LogP contribution in [-0.2, 0) is 10.3 Å². The van der Waals surface area contributed by atoms with Gasteiger partial charge in [0.1, 0.15) is 11.8 Å². The largest absolute Gasteiger partial charge is 0.432 e. The predicted octanol–water partition coefficient (Wildman–Crippen LogP) is 4.44. The third-order valence-corrected chi connectivity index (χ3v) is 5.25. The zero-order chi connectivity index (χ0) is 16.7. The average Bonchev–Trinajstić information content (AvgIpc) is 3.26. The van der Waals surface area contributed by atoms with Crippen molar-refractivity contribution in [3.05, 3.63) is 64.0 Å². The van der Waals surface area contributed by atoms with Crippen molar-refractivity contribution in [3.8, 4) is 17.3 Å². The average molecular weight is 335 g/mol. The minimum absolute atomic E-state index is 0.460. The van der Waals surface area contributed by atoms with E-state index in [1.54, 1.807) is 17.4 Å². The second kappa shape index (κ2) is 5.25. The van der Waals surface area contributed by atoms with E-state index in [0.717, 1.165) is 27.4 Å². The third kappa shape index (κ3) is 2.18. The number of aromatic nitrogens is 1. The first-order valence-electron chi connectivity index (χ1n) is 7.38. The second-order valence-electron chi connectivity index (χ2n) is 5.68. The molecule has 1 aliphatic rings. The van der Waals surface area contributed by atoms with Crippen molar-refractivity contribution in [3.63, 3.8) is 0 Å². The number of benzene rings is 1. The number of cyclic esters (lactones) is 1. The van der Waals surface area contributed by atoms with Gasteiger partial charge < -0.3 is 9.72 Å². The Bertz CT molecular complexity index is 969. The minimum Gasteiger partial charge on any atom is -0.432 e. The monoisotopic (exact) mass is 335 g/mol. The molecule has 1 aromatic carbocycles. The Morgan fingerprint density at radius 2 is 2.12 bits per heavy atom. The summed E-state index contributed by atoms with van der Waals surface area (Å²) in [4.78, 5) is 16.0. The van der Waals surface area contributed by atoms with Gasteiger partial charge in [0.05, 0.1) is 10.6 Å². The number of nitrogens with one attached hydrogen (secondary N) is 2. The van der Waals surface area contributed by atoms with Crippen LogP contribution in [0.3, 0.4) is 0 Å². The molecule has 0 saturated carbocycles. The van der Waals surface area contributed by atoms with Crippen LogP contribution in [0.15, 0.2) is 47.8 Å². The lowest BCUT2D eigenvalue weighted by atomic mass is 9.89. The molecule has 3 heterocycles. The second-order valence-corrected chi connectivity index (χ2v) is 6.63. The maximum atomic E-state index is 12.0. The minimum atomic E-state index is -0.841. The zero-order valence-corrected chi connectivity index (χ0v) is 13.6. The molecule has 0 aliphatic carbocycles. The number of amides is 1. The van der Waals surface area contributed by atoms with E-state index in [-0.39, 0.29) is 0 Å². The third-order valence-electron chi connectivity index (χ3n) is 4.18. The van der Waals surface area contributed by atoms with Gasteiger partial charge in [0.2, 0.25) is 0 Å². The Morgan fingerprint density at radius 1 is 1.25 bits per heavy atom. The number of nitrogens with zero attached hydrogens (tertiary/aromatic N) is 1. The fourth-order valence-electron chi connectivity index (χ4n) is 2.95. The van der Waals surface area contributed by atoms with Gasteiger partial charge in [-0.2, -0.15) is 5.26 Å². The van der Waals surface area contributed by atoms with Crippen LogP contribution < -0.4 is 5.32 Å². The van der Waals surface area contributed by atoms with Crippen LogP contribution in [0.4, 0.5) is 10.5 Å². The first kappa shape index (κ1) is 14.5. The first-order chi connectivity index (χ1) is 11.6. The van der Waals surface area contributed by atoms with Gasteiger partial charge in [-0.25, -0.2) is 4.79 Å². The summed E-state index contributed by atoms with van der Waals surface area (Å²) in [6.45, 7) is 1.90. The van der Waals surface area contributed by atoms with E-state index in [2.05, 4.69) is 16.4 Å². The summed E-state index contributed by atoms with van der Waals surface area (Å²) in [5.41, 5.74) is 3.06. The van der Waals surface area contributed by atoms with Gasteiger partial charge in [-0.1, -0.05) is 12.1 Å². The number of aromatic amines is 1. The molecule has 118 valence electrons. The van der Waals surface area contributed by atoms with Gasteiger partial charge in [-0.3, -0.25) is 5.32 Å². The smallest absolute Gasteiger partial charge is 0.412 e. The fourth-order valence-corrected chi connectivity index (χ4v) is 3.79. The molecule has 0 saturated heterocycles. The van der Waals surface area contributed by atoms with E-state index >= 15 is 0 Å². The SMILES string of the molecule is CC1(c2cccs2)OC(=O)Nc2ccc(-c3ccc(C#N)[nH]3)cc21. The van der Waals surface area contributed by atoms with Gasteiger partial charge in [-0.05, 0) is 48.2 Å². The number of anilines is 1. The molecular weight excluding hydrogens is 322 g/mol. The highest BCUT2D eigenvalue weighted by Gasteiger charge is 2.40. The topological polar surface area (TPSA) is 77.9 Å². The number of thiophene rings is 1. The van der Waals surface area contributed by atoms with Gasteiger partial charge in [0.25, 0.3) is 0 Å². The quantitative estimate of drug-likeness (QED) is 0.726. The highest BCUT2D eigenvalue weighted by Crippen LogP contribution is 2.44. The van der Waals surface area contributed by atoms with E-state index in [1.807, 2.05) is 48.7 Å². The maximum Gasteiger partial charge on any atom is 0.412 e. The molecular formula is C18H13N3O2S. The predicted molar refractivity (Wildman–Crippen MR) is 91.8 cm³/mol. The first-order valence-corrected chi connectivity index (χ1v) is 8.26. The Kier molecular flexibility index (Phi) is 3.18. The summed E-state index contributed by atoms with van der Waals surface area (Å²) in [7, 11) is 0. The molecule has 0 bridgehead atoms.